The molecule has 1 aromatic heterocycles. The average Bonchev–Trinajstić information content (AvgIpc) is 2.97. The van der Waals surface area contributed by atoms with Gasteiger partial charge in [0.1, 0.15) is 0 Å². The Bertz CT molecular complexity index is 759. The van der Waals surface area contributed by atoms with Crippen molar-refractivity contribution in [2.24, 2.45) is 0 Å². The van der Waals surface area contributed by atoms with Gasteiger partial charge in [-0.05, 0) is 24.3 Å². The zero-order valence-electron chi connectivity index (χ0n) is 10.7. The van der Waals surface area contributed by atoms with Gasteiger partial charge in [-0.15, -0.1) is 10.2 Å². The molecule has 1 N–H and O–H groups in total. The summed E-state index contributed by atoms with van der Waals surface area (Å²) in [7, 11) is 0. The minimum atomic E-state index is -1.10. The van der Waals surface area contributed by atoms with Crippen LogP contribution in [-0.4, -0.2) is 15.3 Å². The maximum atomic E-state index is 10.3. The smallest absolute Gasteiger partial charge is 0.249 e. The third-order valence-electron chi connectivity index (χ3n) is 2.95. The van der Waals surface area contributed by atoms with Crippen LogP contribution in [0.25, 0.3) is 11.5 Å². The summed E-state index contributed by atoms with van der Waals surface area (Å²) in [6.45, 7) is 0. The molecule has 0 saturated carbocycles. The number of aliphatic hydroxyl groups excluding tert-OH is 1. The summed E-state index contributed by atoms with van der Waals surface area (Å²) < 4.78 is 5.51. The molecule has 1 heterocycles. The van der Waals surface area contributed by atoms with Crippen molar-refractivity contribution in [3.05, 3.63) is 70.0 Å². The predicted octanol–water partition coefficient (Wildman–Crippen LogP) is 4.13. The SMILES string of the molecule is O[C@@H](c1nnc(-c2ccccc2)o1)c1ccc(Cl)cc1Cl. The maximum Gasteiger partial charge on any atom is 0.249 e. The third kappa shape index (κ3) is 2.93. The van der Waals surface area contributed by atoms with Crippen LogP contribution in [0.3, 0.4) is 0 Å². The van der Waals surface area contributed by atoms with Gasteiger partial charge in [0.15, 0.2) is 6.10 Å². The predicted molar refractivity (Wildman–Crippen MR) is 80.3 cm³/mol. The van der Waals surface area contributed by atoms with E-state index in [1.54, 1.807) is 18.2 Å². The first kappa shape index (κ1) is 14.1. The minimum absolute atomic E-state index is 0.0816. The van der Waals surface area contributed by atoms with E-state index in [1.807, 2.05) is 30.3 Å². The van der Waals surface area contributed by atoms with Crippen molar-refractivity contribution in [2.45, 2.75) is 6.10 Å². The first-order valence-corrected chi connectivity index (χ1v) is 6.92. The Hall–Kier alpha value is -1.88. The van der Waals surface area contributed by atoms with Gasteiger partial charge in [0, 0.05) is 21.2 Å². The van der Waals surface area contributed by atoms with E-state index in [2.05, 4.69) is 10.2 Å². The summed E-state index contributed by atoms with van der Waals surface area (Å²) in [5.41, 5.74) is 1.25. The van der Waals surface area contributed by atoms with Crippen LogP contribution in [0.5, 0.6) is 0 Å². The molecule has 0 fully saturated rings. The van der Waals surface area contributed by atoms with Crippen molar-refractivity contribution in [1.82, 2.24) is 10.2 Å². The van der Waals surface area contributed by atoms with E-state index < -0.39 is 6.10 Å². The van der Waals surface area contributed by atoms with Crippen molar-refractivity contribution in [2.75, 3.05) is 0 Å². The zero-order valence-corrected chi connectivity index (χ0v) is 12.2. The number of hydrogen-bond acceptors (Lipinski definition) is 4. The van der Waals surface area contributed by atoms with Crippen LogP contribution in [0, 0.1) is 0 Å². The highest BCUT2D eigenvalue weighted by Gasteiger charge is 2.21. The summed E-state index contributed by atoms with van der Waals surface area (Å²) in [5, 5.41) is 18.9. The fourth-order valence-corrected chi connectivity index (χ4v) is 2.41. The molecule has 2 aromatic carbocycles. The van der Waals surface area contributed by atoms with Crippen molar-refractivity contribution in [3.8, 4) is 11.5 Å². The molecule has 106 valence electrons. The number of rotatable bonds is 3. The molecule has 0 unspecified atom stereocenters. The number of halogens is 2. The molecule has 3 rings (SSSR count). The van der Waals surface area contributed by atoms with Gasteiger partial charge >= 0.3 is 0 Å². The van der Waals surface area contributed by atoms with Crippen LogP contribution in [0.2, 0.25) is 10.0 Å². The van der Waals surface area contributed by atoms with E-state index in [0.29, 0.717) is 21.5 Å². The molecule has 6 heteroatoms. The van der Waals surface area contributed by atoms with Crippen molar-refractivity contribution in [1.29, 1.82) is 0 Å². The molecule has 21 heavy (non-hydrogen) atoms. The van der Waals surface area contributed by atoms with Gasteiger partial charge in [-0.3, -0.25) is 0 Å². The van der Waals surface area contributed by atoms with Gasteiger partial charge in [-0.25, -0.2) is 0 Å². The molecule has 0 spiro atoms. The molecular formula is C15H10Cl2N2O2. The van der Waals surface area contributed by atoms with E-state index in [-0.39, 0.29) is 5.89 Å². The van der Waals surface area contributed by atoms with Crippen LogP contribution in [-0.2, 0) is 0 Å². The Morgan fingerprint density at radius 1 is 1.00 bits per heavy atom. The fourth-order valence-electron chi connectivity index (χ4n) is 1.90. The summed E-state index contributed by atoms with van der Waals surface area (Å²) in [6, 6.07) is 14.1. The maximum absolute atomic E-state index is 10.3. The Kier molecular flexibility index (Phi) is 3.92. The summed E-state index contributed by atoms with van der Waals surface area (Å²) in [6.07, 6.45) is -1.10. The minimum Gasteiger partial charge on any atom is -0.417 e. The Balaban J connectivity index is 1.92. The largest absolute Gasteiger partial charge is 0.417 e. The fraction of sp³-hybridized carbons (Fsp3) is 0.0667. The third-order valence-corrected chi connectivity index (χ3v) is 3.51. The average molecular weight is 321 g/mol. The molecule has 4 nitrogen and oxygen atoms in total. The van der Waals surface area contributed by atoms with Gasteiger partial charge in [0.25, 0.3) is 0 Å². The van der Waals surface area contributed by atoms with E-state index >= 15 is 0 Å². The molecule has 0 radical (unpaired) electrons. The standard InChI is InChI=1S/C15H10Cl2N2O2/c16-10-6-7-11(12(17)8-10)13(20)15-19-18-14(21-15)9-4-2-1-3-5-9/h1-8,13,20H/t13-/m1/s1. The number of hydrogen-bond donors (Lipinski definition) is 1. The Morgan fingerprint density at radius 3 is 2.48 bits per heavy atom. The van der Waals surface area contributed by atoms with Crippen LogP contribution < -0.4 is 0 Å². The Morgan fingerprint density at radius 2 is 1.76 bits per heavy atom. The summed E-state index contributed by atoms with van der Waals surface area (Å²) in [4.78, 5) is 0. The molecule has 0 aliphatic heterocycles. The summed E-state index contributed by atoms with van der Waals surface area (Å²) >= 11 is 11.9. The molecule has 0 aliphatic carbocycles. The highest BCUT2D eigenvalue weighted by atomic mass is 35.5. The van der Waals surface area contributed by atoms with E-state index in [1.165, 1.54) is 0 Å². The second-order valence-corrected chi connectivity index (χ2v) is 5.22. The molecule has 1 atom stereocenters. The second kappa shape index (κ2) is 5.85. The van der Waals surface area contributed by atoms with Gasteiger partial charge in [0.2, 0.25) is 11.8 Å². The lowest BCUT2D eigenvalue weighted by Crippen LogP contribution is -2.00. The lowest BCUT2D eigenvalue weighted by atomic mass is 10.1. The first-order chi connectivity index (χ1) is 10.1. The molecule has 0 saturated heterocycles. The van der Waals surface area contributed by atoms with E-state index in [9.17, 15) is 5.11 Å². The molecule has 0 bridgehead atoms. The number of aliphatic hydroxyl groups is 1. The topological polar surface area (TPSA) is 59.2 Å². The monoisotopic (exact) mass is 320 g/mol. The quantitative estimate of drug-likeness (QED) is 0.788. The highest BCUT2D eigenvalue weighted by molar-refractivity contribution is 6.35. The lowest BCUT2D eigenvalue weighted by molar-refractivity contribution is 0.183. The van der Waals surface area contributed by atoms with Gasteiger partial charge in [-0.2, -0.15) is 0 Å². The molecule has 0 aliphatic rings. The molecule has 0 amide bonds. The lowest BCUT2D eigenvalue weighted by Gasteiger charge is -2.08. The van der Waals surface area contributed by atoms with Gasteiger partial charge in [0.05, 0.1) is 0 Å². The normalized spacial score (nSPS) is 12.3. The second-order valence-electron chi connectivity index (χ2n) is 4.38. The van der Waals surface area contributed by atoms with Crippen molar-refractivity contribution < 1.29 is 9.52 Å². The highest BCUT2D eigenvalue weighted by Crippen LogP contribution is 2.30. The number of nitrogens with zero attached hydrogens (tertiary/aromatic N) is 2. The zero-order chi connectivity index (χ0) is 14.8. The van der Waals surface area contributed by atoms with Crippen molar-refractivity contribution in [3.63, 3.8) is 0 Å². The van der Waals surface area contributed by atoms with Crippen molar-refractivity contribution >= 4 is 23.2 Å². The van der Waals surface area contributed by atoms with Crippen LogP contribution >= 0.6 is 23.2 Å². The van der Waals surface area contributed by atoms with E-state index in [4.69, 9.17) is 27.6 Å². The Labute approximate surface area is 131 Å². The van der Waals surface area contributed by atoms with Crippen LogP contribution in [0.4, 0.5) is 0 Å². The molecule has 3 aromatic rings. The van der Waals surface area contributed by atoms with E-state index in [0.717, 1.165) is 5.56 Å². The first-order valence-electron chi connectivity index (χ1n) is 6.17. The summed E-state index contributed by atoms with van der Waals surface area (Å²) in [5.74, 6) is 0.424. The molecular weight excluding hydrogens is 311 g/mol. The van der Waals surface area contributed by atoms with Crippen LogP contribution in [0.1, 0.15) is 17.6 Å². The van der Waals surface area contributed by atoms with Gasteiger partial charge in [-0.1, -0.05) is 47.5 Å². The van der Waals surface area contributed by atoms with Gasteiger partial charge < -0.3 is 9.52 Å². The number of aromatic nitrogens is 2. The van der Waals surface area contributed by atoms with Crippen LogP contribution in [0.15, 0.2) is 52.9 Å². The number of benzene rings is 2.